The maximum atomic E-state index is 12.1. The van der Waals surface area contributed by atoms with Gasteiger partial charge < -0.3 is 15.3 Å². The number of rotatable bonds is 5. The highest BCUT2D eigenvalue weighted by Crippen LogP contribution is 2.15. The van der Waals surface area contributed by atoms with Gasteiger partial charge in [-0.2, -0.15) is 0 Å². The fourth-order valence-corrected chi connectivity index (χ4v) is 2.21. The fraction of sp³-hybridized carbons (Fsp3) is 0.533. The molecule has 0 heterocycles. The van der Waals surface area contributed by atoms with E-state index in [2.05, 4.69) is 24.1 Å². The van der Waals surface area contributed by atoms with Gasteiger partial charge in [0.1, 0.15) is 5.75 Å². The van der Waals surface area contributed by atoms with Crippen molar-refractivity contribution in [3.8, 4) is 5.75 Å². The Balaban J connectivity index is 2.69. The van der Waals surface area contributed by atoms with Crippen LogP contribution in [-0.4, -0.2) is 42.6 Å². The SMILES string of the molecule is Cc1cc(O)ccc1C(=O)NC[C@H](C(C)C)N(C)C. The first-order valence-electron chi connectivity index (χ1n) is 6.57. The van der Waals surface area contributed by atoms with Gasteiger partial charge in [-0.1, -0.05) is 13.8 Å². The second-order valence-electron chi connectivity index (χ2n) is 5.48. The number of hydrogen-bond donors (Lipinski definition) is 2. The zero-order valence-corrected chi connectivity index (χ0v) is 12.4. The zero-order chi connectivity index (χ0) is 14.6. The molecule has 0 aromatic heterocycles. The van der Waals surface area contributed by atoms with Crippen LogP contribution in [-0.2, 0) is 0 Å². The van der Waals surface area contributed by atoms with E-state index in [0.29, 0.717) is 24.1 Å². The second-order valence-corrected chi connectivity index (χ2v) is 5.48. The van der Waals surface area contributed by atoms with Gasteiger partial charge in [0, 0.05) is 18.2 Å². The van der Waals surface area contributed by atoms with Crippen molar-refractivity contribution in [2.24, 2.45) is 5.92 Å². The molecule has 106 valence electrons. The number of phenolic OH excluding ortho intramolecular Hbond substituents is 1. The van der Waals surface area contributed by atoms with Gasteiger partial charge in [-0.05, 0) is 50.7 Å². The summed E-state index contributed by atoms with van der Waals surface area (Å²) in [7, 11) is 4.03. The Morgan fingerprint density at radius 1 is 1.37 bits per heavy atom. The van der Waals surface area contributed by atoms with Crippen LogP contribution in [0.15, 0.2) is 18.2 Å². The number of aromatic hydroxyl groups is 1. The lowest BCUT2D eigenvalue weighted by Crippen LogP contribution is -2.43. The van der Waals surface area contributed by atoms with E-state index in [-0.39, 0.29) is 11.7 Å². The molecule has 1 aromatic carbocycles. The number of nitrogens with zero attached hydrogens (tertiary/aromatic N) is 1. The van der Waals surface area contributed by atoms with Crippen molar-refractivity contribution in [2.45, 2.75) is 26.8 Å². The molecule has 0 aliphatic rings. The Labute approximate surface area is 115 Å². The number of carbonyl (C=O) groups excluding carboxylic acids is 1. The third-order valence-electron chi connectivity index (χ3n) is 3.36. The van der Waals surface area contributed by atoms with Crippen LogP contribution < -0.4 is 5.32 Å². The Bertz CT molecular complexity index is 434. The number of benzene rings is 1. The Morgan fingerprint density at radius 2 is 2.00 bits per heavy atom. The van der Waals surface area contributed by atoms with E-state index >= 15 is 0 Å². The Morgan fingerprint density at radius 3 is 2.47 bits per heavy atom. The summed E-state index contributed by atoms with van der Waals surface area (Å²) in [6.45, 7) is 6.72. The van der Waals surface area contributed by atoms with Gasteiger partial charge in [0.2, 0.25) is 0 Å². The molecule has 1 aromatic rings. The van der Waals surface area contributed by atoms with Crippen LogP contribution in [0.3, 0.4) is 0 Å². The van der Waals surface area contributed by atoms with Crippen LogP contribution in [0.5, 0.6) is 5.75 Å². The number of likely N-dealkylation sites (N-methyl/N-ethyl adjacent to an activating group) is 1. The number of aryl methyl sites for hydroxylation is 1. The molecule has 4 nitrogen and oxygen atoms in total. The fourth-order valence-electron chi connectivity index (χ4n) is 2.21. The summed E-state index contributed by atoms with van der Waals surface area (Å²) >= 11 is 0. The van der Waals surface area contributed by atoms with Crippen molar-refractivity contribution in [3.63, 3.8) is 0 Å². The van der Waals surface area contributed by atoms with E-state index in [4.69, 9.17) is 0 Å². The van der Waals surface area contributed by atoms with Crippen molar-refractivity contribution in [1.82, 2.24) is 10.2 Å². The lowest BCUT2D eigenvalue weighted by atomic mass is 10.0. The van der Waals surface area contributed by atoms with Crippen LogP contribution in [0.1, 0.15) is 29.8 Å². The molecule has 0 saturated carbocycles. The van der Waals surface area contributed by atoms with Crippen LogP contribution in [0, 0.1) is 12.8 Å². The summed E-state index contributed by atoms with van der Waals surface area (Å²) in [5.41, 5.74) is 1.39. The number of nitrogens with one attached hydrogen (secondary N) is 1. The summed E-state index contributed by atoms with van der Waals surface area (Å²) < 4.78 is 0. The molecule has 0 spiro atoms. The minimum atomic E-state index is -0.0926. The first-order valence-corrected chi connectivity index (χ1v) is 6.57. The smallest absolute Gasteiger partial charge is 0.251 e. The first-order chi connectivity index (χ1) is 8.82. The summed E-state index contributed by atoms with van der Waals surface area (Å²) in [4.78, 5) is 14.2. The average Bonchev–Trinajstić information content (AvgIpc) is 2.27. The van der Waals surface area contributed by atoms with E-state index < -0.39 is 0 Å². The summed E-state index contributed by atoms with van der Waals surface area (Å²) in [6, 6.07) is 5.09. The van der Waals surface area contributed by atoms with Gasteiger partial charge in [-0.15, -0.1) is 0 Å². The Hall–Kier alpha value is -1.55. The van der Waals surface area contributed by atoms with E-state index in [1.165, 1.54) is 6.07 Å². The summed E-state index contributed by atoms with van der Waals surface area (Å²) in [6.07, 6.45) is 0. The van der Waals surface area contributed by atoms with Crippen molar-refractivity contribution in [3.05, 3.63) is 29.3 Å². The van der Waals surface area contributed by atoms with Crippen molar-refractivity contribution in [1.29, 1.82) is 0 Å². The molecule has 1 rings (SSSR count). The molecular formula is C15H24N2O2. The molecule has 0 radical (unpaired) electrons. The highest BCUT2D eigenvalue weighted by Gasteiger charge is 2.17. The van der Waals surface area contributed by atoms with Gasteiger partial charge in [-0.25, -0.2) is 0 Å². The molecule has 0 saturated heterocycles. The molecule has 4 heteroatoms. The van der Waals surface area contributed by atoms with Crippen LogP contribution in [0.2, 0.25) is 0 Å². The predicted molar refractivity (Wildman–Crippen MR) is 77.5 cm³/mol. The maximum Gasteiger partial charge on any atom is 0.251 e. The molecule has 0 unspecified atom stereocenters. The standard InChI is InChI=1S/C15H24N2O2/c1-10(2)14(17(4)5)9-16-15(19)13-7-6-12(18)8-11(13)3/h6-8,10,14,18H,9H2,1-5H3,(H,16,19)/t14-/m1/s1. The van der Waals surface area contributed by atoms with E-state index in [1.54, 1.807) is 12.1 Å². The topological polar surface area (TPSA) is 52.6 Å². The average molecular weight is 264 g/mol. The van der Waals surface area contributed by atoms with E-state index in [9.17, 15) is 9.90 Å². The summed E-state index contributed by atoms with van der Waals surface area (Å²) in [5, 5.41) is 12.3. The molecule has 2 N–H and O–H groups in total. The summed E-state index contributed by atoms with van der Waals surface area (Å²) in [5.74, 6) is 0.559. The van der Waals surface area contributed by atoms with E-state index in [1.807, 2.05) is 21.0 Å². The lowest BCUT2D eigenvalue weighted by molar-refractivity contribution is 0.0934. The number of amides is 1. The number of phenols is 1. The van der Waals surface area contributed by atoms with Gasteiger partial charge in [0.15, 0.2) is 0 Å². The minimum Gasteiger partial charge on any atom is -0.508 e. The number of hydrogen-bond acceptors (Lipinski definition) is 3. The molecule has 0 fully saturated rings. The molecular weight excluding hydrogens is 240 g/mol. The molecule has 19 heavy (non-hydrogen) atoms. The normalized spacial score (nSPS) is 12.8. The third kappa shape index (κ3) is 4.24. The maximum absolute atomic E-state index is 12.1. The van der Waals surface area contributed by atoms with Gasteiger partial charge in [0.05, 0.1) is 0 Å². The minimum absolute atomic E-state index is 0.0926. The van der Waals surface area contributed by atoms with E-state index in [0.717, 1.165) is 5.56 Å². The molecule has 0 aliphatic carbocycles. The van der Waals surface area contributed by atoms with Crippen molar-refractivity contribution in [2.75, 3.05) is 20.6 Å². The second kappa shape index (κ2) is 6.57. The molecule has 1 amide bonds. The zero-order valence-electron chi connectivity index (χ0n) is 12.4. The highest BCUT2D eigenvalue weighted by molar-refractivity contribution is 5.95. The molecule has 0 aliphatic heterocycles. The first kappa shape index (κ1) is 15.5. The predicted octanol–water partition coefficient (Wildman–Crippen LogP) is 2.02. The Kier molecular flexibility index (Phi) is 5.36. The highest BCUT2D eigenvalue weighted by atomic mass is 16.3. The van der Waals surface area contributed by atoms with Crippen LogP contribution in [0.4, 0.5) is 0 Å². The van der Waals surface area contributed by atoms with Gasteiger partial charge in [0.25, 0.3) is 5.91 Å². The molecule has 0 bridgehead atoms. The third-order valence-corrected chi connectivity index (χ3v) is 3.36. The van der Waals surface area contributed by atoms with Crippen LogP contribution >= 0.6 is 0 Å². The lowest BCUT2D eigenvalue weighted by Gasteiger charge is -2.28. The monoisotopic (exact) mass is 264 g/mol. The van der Waals surface area contributed by atoms with Crippen molar-refractivity contribution < 1.29 is 9.90 Å². The van der Waals surface area contributed by atoms with Gasteiger partial charge in [-0.3, -0.25) is 4.79 Å². The largest absolute Gasteiger partial charge is 0.508 e. The van der Waals surface area contributed by atoms with Gasteiger partial charge >= 0.3 is 0 Å². The van der Waals surface area contributed by atoms with Crippen LogP contribution in [0.25, 0.3) is 0 Å². The molecule has 1 atom stereocenters. The van der Waals surface area contributed by atoms with Crippen molar-refractivity contribution >= 4 is 5.91 Å². The number of carbonyl (C=O) groups is 1. The quantitative estimate of drug-likeness (QED) is 0.855.